The standard InChI is InChI=1S/C10H9BrN2O2/c1-7-12-10(15-13-7)6-14-9-4-2-8(11)3-5-9/h2-5H,6H2,1H3. The highest BCUT2D eigenvalue weighted by Gasteiger charge is 2.02. The minimum Gasteiger partial charge on any atom is -0.484 e. The van der Waals surface area contributed by atoms with E-state index in [1.54, 1.807) is 6.92 Å². The van der Waals surface area contributed by atoms with Crippen molar-refractivity contribution in [3.05, 3.63) is 40.5 Å². The molecule has 15 heavy (non-hydrogen) atoms. The van der Waals surface area contributed by atoms with Crippen molar-refractivity contribution in [2.75, 3.05) is 0 Å². The summed E-state index contributed by atoms with van der Waals surface area (Å²) in [6.07, 6.45) is 0. The van der Waals surface area contributed by atoms with Crippen LogP contribution < -0.4 is 4.74 Å². The van der Waals surface area contributed by atoms with Crippen LogP contribution in [-0.4, -0.2) is 10.1 Å². The Kier molecular flexibility index (Phi) is 3.01. The molecule has 0 radical (unpaired) electrons. The first kappa shape index (κ1) is 10.2. The molecular weight excluding hydrogens is 260 g/mol. The van der Waals surface area contributed by atoms with E-state index < -0.39 is 0 Å². The Balaban J connectivity index is 1.96. The van der Waals surface area contributed by atoms with E-state index in [0.717, 1.165) is 10.2 Å². The van der Waals surface area contributed by atoms with Crippen LogP contribution in [0.4, 0.5) is 0 Å². The lowest BCUT2D eigenvalue weighted by atomic mass is 10.3. The molecule has 78 valence electrons. The van der Waals surface area contributed by atoms with Crippen molar-refractivity contribution in [1.29, 1.82) is 0 Å². The number of rotatable bonds is 3. The molecule has 2 aromatic rings. The fourth-order valence-electron chi connectivity index (χ4n) is 1.07. The van der Waals surface area contributed by atoms with Crippen LogP contribution in [0.15, 0.2) is 33.3 Å². The lowest BCUT2D eigenvalue weighted by Gasteiger charge is -2.02. The fourth-order valence-corrected chi connectivity index (χ4v) is 1.34. The van der Waals surface area contributed by atoms with Gasteiger partial charge in [0, 0.05) is 4.47 Å². The molecule has 0 aliphatic carbocycles. The first-order valence-electron chi connectivity index (χ1n) is 4.41. The van der Waals surface area contributed by atoms with Crippen LogP contribution in [0.2, 0.25) is 0 Å². The second-order valence-corrected chi connectivity index (χ2v) is 3.89. The molecule has 0 aliphatic heterocycles. The van der Waals surface area contributed by atoms with Gasteiger partial charge < -0.3 is 9.26 Å². The predicted octanol–water partition coefficient (Wildman–Crippen LogP) is 2.72. The van der Waals surface area contributed by atoms with Crippen molar-refractivity contribution < 1.29 is 9.26 Å². The van der Waals surface area contributed by atoms with Gasteiger partial charge in [-0.05, 0) is 31.2 Å². The Hall–Kier alpha value is -1.36. The molecule has 0 aliphatic rings. The molecular formula is C10H9BrN2O2. The van der Waals surface area contributed by atoms with E-state index in [0.29, 0.717) is 18.3 Å². The quantitative estimate of drug-likeness (QED) is 0.859. The number of hydrogen-bond donors (Lipinski definition) is 0. The first-order valence-corrected chi connectivity index (χ1v) is 5.21. The van der Waals surface area contributed by atoms with Gasteiger partial charge in [-0.2, -0.15) is 4.98 Å². The van der Waals surface area contributed by atoms with Gasteiger partial charge in [-0.15, -0.1) is 0 Å². The van der Waals surface area contributed by atoms with Gasteiger partial charge in [0.2, 0.25) is 0 Å². The molecule has 4 nitrogen and oxygen atoms in total. The third kappa shape index (κ3) is 2.79. The van der Waals surface area contributed by atoms with Gasteiger partial charge in [0.05, 0.1) is 0 Å². The van der Waals surface area contributed by atoms with Crippen molar-refractivity contribution in [3.8, 4) is 5.75 Å². The van der Waals surface area contributed by atoms with Gasteiger partial charge in [-0.25, -0.2) is 0 Å². The Bertz CT molecular complexity index is 439. The first-order chi connectivity index (χ1) is 7.24. The van der Waals surface area contributed by atoms with Crippen LogP contribution in [0.1, 0.15) is 11.7 Å². The van der Waals surface area contributed by atoms with Crippen molar-refractivity contribution in [1.82, 2.24) is 10.1 Å². The zero-order valence-electron chi connectivity index (χ0n) is 8.11. The summed E-state index contributed by atoms with van der Waals surface area (Å²) in [4.78, 5) is 4.03. The molecule has 5 heteroatoms. The molecule has 2 rings (SSSR count). The average Bonchev–Trinajstić information content (AvgIpc) is 2.64. The van der Waals surface area contributed by atoms with E-state index >= 15 is 0 Å². The van der Waals surface area contributed by atoms with Crippen molar-refractivity contribution in [2.45, 2.75) is 13.5 Å². The summed E-state index contributed by atoms with van der Waals surface area (Å²) in [5.41, 5.74) is 0. The molecule has 0 spiro atoms. The van der Waals surface area contributed by atoms with Crippen LogP contribution >= 0.6 is 15.9 Å². The highest BCUT2D eigenvalue weighted by Crippen LogP contribution is 2.16. The summed E-state index contributed by atoms with van der Waals surface area (Å²) in [7, 11) is 0. The number of ether oxygens (including phenoxy) is 1. The highest BCUT2D eigenvalue weighted by atomic mass is 79.9. The molecule has 0 N–H and O–H groups in total. The summed E-state index contributed by atoms with van der Waals surface area (Å²) in [6, 6.07) is 7.56. The minimum absolute atomic E-state index is 0.294. The molecule has 0 bridgehead atoms. The van der Waals surface area contributed by atoms with Gasteiger partial charge in [0.15, 0.2) is 12.4 Å². The minimum atomic E-state index is 0.294. The SMILES string of the molecule is Cc1noc(COc2ccc(Br)cc2)n1. The normalized spacial score (nSPS) is 10.3. The molecule has 1 heterocycles. The van der Waals surface area contributed by atoms with Gasteiger partial charge in [-0.3, -0.25) is 0 Å². The highest BCUT2D eigenvalue weighted by molar-refractivity contribution is 9.10. The predicted molar refractivity (Wildman–Crippen MR) is 57.5 cm³/mol. The van der Waals surface area contributed by atoms with Crippen LogP contribution in [0.5, 0.6) is 5.75 Å². The lowest BCUT2D eigenvalue weighted by molar-refractivity contribution is 0.242. The monoisotopic (exact) mass is 268 g/mol. The molecule has 0 amide bonds. The van der Waals surface area contributed by atoms with E-state index in [4.69, 9.17) is 9.26 Å². The Morgan fingerprint density at radius 3 is 2.67 bits per heavy atom. The molecule has 0 unspecified atom stereocenters. The number of benzene rings is 1. The average molecular weight is 269 g/mol. The maximum Gasteiger partial charge on any atom is 0.264 e. The Labute approximate surface area is 95.4 Å². The summed E-state index contributed by atoms with van der Waals surface area (Å²) in [5.74, 6) is 1.87. The summed E-state index contributed by atoms with van der Waals surface area (Å²) in [6.45, 7) is 2.06. The topological polar surface area (TPSA) is 48.2 Å². The second-order valence-electron chi connectivity index (χ2n) is 2.98. The second kappa shape index (κ2) is 4.44. The Morgan fingerprint density at radius 2 is 2.07 bits per heavy atom. The number of hydrogen-bond acceptors (Lipinski definition) is 4. The van der Waals surface area contributed by atoms with Gasteiger partial charge in [-0.1, -0.05) is 21.1 Å². The summed E-state index contributed by atoms with van der Waals surface area (Å²) >= 11 is 3.35. The number of nitrogens with zero attached hydrogens (tertiary/aromatic N) is 2. The van der Waals surface area contributed by atoms with Gasteiger partial charge in [0.1, 0.15) is 5.75 Å². The summed E-state index contributed by atoms with van der Waals surface area (Å²) in [5, 5.41) is 3.67. The van der Waals surface area contributed by atoms with Gasteiger partial charge >= 0.3 is 0 Å². The van der Waals surface area contributed by atoms with Crippen molar-refractivity contribution >= 4 is 15.9 Å². The molecule has 0 saturated carbocycles. The Morgan fingerprint density at radius 1 is 1.33 bits per heavy atom. The molecule has 0 fully saturated rings. The van der Waals surface area contributed by atoms with Crippen molar-refractivity contribution in [2.24, 2.45) is 0 Å². The maximum atomic E-state index is 5.44. The van der Waals surface area contributed by atoms with E-state index in [1.807, 2.05) is 24.3 Å². The molecule has 1 aromatic heterocycles. The number of halogens is 1. The molecule has 0 saturated heterocycles. The van der Waals surface area contributed by atoms with E-state index in [1.165, 1.54) is 0 Å². The van der Waals surface area contributed by atoms with E-state index in [2.05, 4.69) is 26.1 Å². The van der Waals surface area contributed by atoms with Crippen molar-refractivity contribution in [3.63, 3.8) is 0 Å². The third-order valence-corrected chi connectivity index (χ3v) is 2.27. The van der Waals surface area contributed by atoms with E-state index in [-0.39, 0.29) is 0 Å². The summed E-state index contributed by atoms with van der Waals surface area (Å²) < 4.78 is 11.4. The van der Waals surface area contributed by atoms with E-state index in [9.17, 15) is 0 Å². The van der Waals surface area contributed by atoms with Crippen LogP contribution in [0.25, 0.3) is 0 Å². The zero-order chi connectivity index (χ0) is 10.7. The van der Waals surface area contributed by atoms with Crippen LogP contribution in [-0.2, 0) is 6.61 Å². The van der Waals surface area contributed by atoms with Crippen LogP contribution in [0.3, 0.4) is 0 Å². The van der Waals surface area contributed by atoms with Gasteiger partial charge in [0.25, 0.3) is 5.89 Å². The third-order valence-electron chi connectivity index (χ3n) is 1.75. The maximum absolute atomic E-state index is 5.44. The largest absolute Gasteiger partial charge is 0.484 e. The van der Waals surface area contributed by atoms with Crippen LogP contribution in [0, 0.1) is 6.92 Å². The number of aryl methyl sites for hydroxylation is 1. The lowest BCUT2D eigenvalue weighted by Crippen LogP contribution is -1.95. The molecule has 0 atom stereocenters. The molecule has 1 aromatic carbocycles. The fraction of sp³-hybridized carbons (Fsp3) is 0.200. The number of aromatic nitrogens is 2. The smallest absolute Gasteiger partial charge is 0.264 e. The zero-order valence-corrected chi connectivity index (χ0v) is 9.69.